The summed E-state index contributed by atoms with van der Waals surface area (Å²) in [4.78, 5) is 32.6. The molecule has 0 N–H and O–H groups in total. The number of rotatable bonds is 5. The lowest BCUT2D eigenvalue weighted by molar-refractivity contribution is 0.131. The number of piperidine rings is 1. The second-order valence-corrected chi connectivity index (χ2v) is 8.63. The minimum Gasteiger partial charge on any atom is -0.316 e. The standard InChI is InChI=1S/C22H27ClFN5O2/c1-4-14-8-5-6-11-28(14)13-18-25-20-19(21(30)27(3)22(31)26(20)2)29(18)12-15-16(23)9-7-10-17(15)24/h7,9-10,14H,4-6,8,11-13H2,1-3H3/t14-/m0/s1. The van der Waals surface area contributed by atoms with Gasteiger partial charge in [0.1, 0.15) is 11.6 Å². The normalized spacial score (nSPS) is 17.5. The molecule has 3 aromatic rings. The molecule has 1 aliphatic heterocycles. The highest BCUT2D eigenvalue weighted by atomic mass is 35.5. The quantitative estimate of drug-likeness (QED) is 0.603. The van der Waals surface area contributed by atoms with Crippen LogP contribution in [0.25, 0.3) is 11.2 Å². The number of hydrogen-bond donors (Lipinski definition) is 0. The van der Waals surface area contributed by atoms with Gasteiger partial charge in [0.2, 0.25) is 0 Å². The van der Waals surface area contributed by atoms with Crippen LogP contribution in [0, 0.1) is 5.82 Å². The van der Waals surface area contributed by atoms with E-state index in [0.29, 0.717) is 34.6 Å². The van der Waals surface area contributed by atoms with Gasteiger partial charge in [0, 0.05) is 30.7 Å². The Bertz CT molecular complexity index is 1230. The lowest BCUT2D eigenvalue weighted by atomic mass is 10.00. The number of aromatic nitrogens is 4. The molecule has 1 aromatic carbocycles. The Balaban J connectivity index is 1.91. The maximum atomic E-state index is 14.6. The molecule has 0 bridgehead atoms. The summed E-state index contributed by atoms with van der Waals surface area (Å²) in [5.41, 5.74) is -0.00654. The van der Waals surface area contributed by atoms with Gasteiger partial charge in [-0.15, -0.1) is 0 Å². The second-order valence-electron chi connectivity index (χ2n) is 8.22. The summed E-state index contributed by atoms with van der Waals surface area (Å²) in [6, 6.07) is 4.97. The van der Waals surface area contributed by atoms with Crippen molar-refractivity contribution in [3.05, 3.63) is 61.3 Å². The van der Waals surface area contributed by atoms with E-state index in [1.54, 1.807) is 23.7 Å². The van der Waals surface area contributed by atoms with Crippen molar-refractivity contribution in [1.29, 1.82) is 0 Å². The molecular weight excluding hydrogens is 421 g/mol. The number of halogens is 2. The van der Waals surface area contributed by atoms with E-state index >= 15 is 0 Å². The average molecular weight is 448 g/mol. The molecule has 2 aromatic heterocycles. The van der Waals surface area contributed by atoms with Gasteiger partial charge in [0.15, 0.2) is 11.2 Å². The first-order valence-corrected chi connectivity index (χ1v) is 11.0. The predicted octanol–water partition coefficient (Wildman–Crippen LogP) is 3.04. The monoisotopic (exact) mass is 447 g/mol. The number of nitrogens with zero attached hydrogens (tertiary/aromatic N) is 5. The van der Waals surface area contributed by atoms with E-state index in [1.807, 2.05) is 0 Å². The third-order valence-corrected chi connectivity index (χ3v) is 6.72. The van der Waals surface area contributed by atoms with E-state index in [1.165, 1.54) is 24.1 Å². The van der Waals surface area contributed by atoms with Crippen molar-refractivity contribution in [2.24, 2.45) is 14.1 Å². The largest absolute Gasteiger partial charge is 0.332 e. The summed E-state index contributed by atoms with van der Waals surface area (Å²) in [5.74, 6) is 0.194. The fraction of sp³-hybridized carbons (Fsp3) is 0.500. The van der Waals surface area contributed by atoms with Crippen LogP contribution in [0.2, 0.25) is 5.02 Å². The summed E-state index contributed by atoms with van der Waals surface area (Å²) < 4.78 is 18.8. The van der Waals surface area contributed by atoms with Gasteiger partial charge in [-0.05, 0) is 37.9 Å². The van der Waals surface area contributed by atoms with Gasteiger partial charge < -0.3 is 4.57 Å². The van der Waals surface area contributed by atoms with E-state index in [4.69, 9.17) is 16.6 Å². The third-order valence-electron chi connectivity index (χ3n) is 6.37. The van der Waals surface area contributed by atoms with Gasteiger partial charge >= 0.3 is 5.69 Å². The molecule has 9 heteroatoms. The van der Waals surface area contributed by atoms with Crippen molar-refractivity contribution in [3.8, 4) is 0 Å². The van der Waals surface area contributed by atoms with Gasteiger partial charge in [-0.2, -0.15) is 0 Å². The van der Waals surface area contributed by atoms with Gasteiger partial charge in [0.25, 0.3) is 5.56 Å². The molecule has 0 saturated carbocycles. The third kappa shape index (κ3) is 3.83. The molecule has 3 heterocycles. The zero-order valence-corrected chi connectivity index (χ0v) is 18.8. The molecule has 0 radical (unpaired) electrons. The Morgan fingerprint density at radius 1 is 1.16 bits per heavy atom. The zero-order valence-electron chi connectivity index (χ0n) is 18.1. The summed E-state index contributed by atoms with van der Waals surface area (Å²) >= 11 is 6.29. The van der Waals surface area contributed by atoms with Gasteiger partial charge in [-0.1, -0.05) is 31.0 Å². The summed E-state index contributed by atoms with van der Waals surface area (Å²) in [7, 11) is 3.03. The Hall–Kier alpha value is -2.45. The Morgan fingerprint density at radius 2 is 1.94 bits per heavy atom. The van der Waals surface area contributed by atoms with Gasteiger partial charge in [-0.25, -0.2) is 14.2 Å². The van der Waals surface area contributed by atoms with Gasteiger partial charge in [-0.3, -0.25) is 18.8 Å². The minimum atomic E-state index is -0.449. The second kappa shape index (κ2) is 8.59. The van der Waals surface area contributed by atoms with Crippen LogP contribution in [-0.2, 0) is 27.2 Å². The molecule has 0 amide bonds. The van der Waals surface area contributed by atoms with Crippen molar-refractivity contribution in [3.63, 3.8) is 0 Å². The van der Waals surface area contributed by atoms with Crippen molar-refractivity contribution >= 4 is 22.8 Å². The molecule has 0 aliphatic carbocycles. The van der Waals surface area contributed by atoms with Crippen LogP contribution in [0.4, 0.5) is 4.39 Å². The summed E-state index contributed by atoms with van der Waals surface area (Å²) in [6.45, 7) is 3.70. The number of benzene rings is 1. The molecule has 0 spiro atoms. The number of likely N-dealkylation sites (tertiary alicyclic amines) is 1. The lowest BCUT2D eigenvalue weighted by Crippen LogP contribution is -2.39. The molecular formula is C22H27ClFN5O2. The maximum Gasteiger partial charge on any atom is 0.332 e. The minimum absolute atomic E-state index is 0.0649. The fourth-order valence-electron chi connectivity index (χ4n) is 4.54. The zero-order chi connectivity index (χ0) is 22.3. The van der Waals surface area contributed by atoms with Crippen LogP contribution >= 0.6 is 11.6 Å². The first-order chi connectivity index (χ1) is 14.8. The fourth-order valence-corrected chi connectivity index (χ4v) is 4.76. The first-order valence-electron chi connectivity index (χ1n) is 10.7. The maximum absolute atomic E-state index is 14.6. The molecule has 166 valence electrons. The first kappa shape index (κ1) is 21.8. The van der Waals surface area contributed by atoms with E-state index in [0.717, 1.165) is 30.4 Å². The molecule has 0 unspecified atom stereocenters. The Labute approximate surface area is 184 Å². The average Bonchev–Trinajstić information content (AvgIpc) is 3.12. The SMILES string of the molecule is CC[C@H]1CCCCN1Cc1nc2c(c(=O)n(C)c(=O)n2C)n1Cc1c(F)cccc1Cl. The van der Waals surface area contributed by atoms with E-state index in [9.17, 15) is 14.0 Å². The molecule has 4 rings (SSSR count). The molecule has 1 atom stereocenters. The molecule has 7 nitrogen and oxygen atoms in total. The lowest BCUT2D eigenvalue weighted by Gasteiger charge is -2.34. The Morgan fingerprint density at radius 3 is 2.65 bits per heavy atom. The topological polar surface area (TPSA) is 65.1 Å². The highest BCUT2D eigenvalue weighted by molar-refractivity contribution is 6.31. The number of aryl methyl sites for hydroxylation is 1. The molecule has 1 aliphatic rings. The van der Waals surface area contributed by atoms with E-state index < -0.39 is 17.1 Å². The molecule has 1 saturated heterocycles. The van der Waals surface area contributed by atoms with Crippen molar-refractivity contribution in [2.45, 2.75) is 51.7 Å². The molecule has 31 heavy (non-hydrogen) atoms. The number of hydrogen-bond acceptors (Lipinski definition) is 4. The van der Waals surface area contributed by atoms with Crippen molar-refractivity contribution in [1.82, 2.24) is 23.6 Å². The van der Waals surface area contributed by atoms with Gasteiger partial charge in [0.05, 0.1) is 13.1 Å². The smallest absolute Gasteiger partial charge is 0.316 e. The van der Waals surface area contributed by atoms with Crippen molar-refractivity contribution < 1.29 is 4.39 Å². The van der Waals surface area contributed by atoms with Crippen LogP contribution in [0.5, 0.6) is 0 Å². The highest BCUT2D eigenvalue weighted by Crippen LogP contribution is 2.25. The van der Waals surface area contributed by atoms with Crippen LogP contribution in [0.15, 0.2) is 27.8 Å². The highest BCUT2D eigenvalue weighted by Gasteiger charge is 2.26. The summed E-state index contributed by atoms with van der Waals surface area (Å²) in [5, 5.41) is 0.291. The van der Waals surface area contributed by atoms with Crippen LogP contribution in [0.1, 0.15) is 44.0 Å². The van der Waals surface area contributed by atoms with E-state index in [2.05, 4.69) is 11.8 Å². The Kier molecular flexibility index (Phi) is 6.03. The predicted molar refractivity (Wildman–Crippen MR) is 119 cm³/mol. The van der Waals surface area contributed by atoms with Crippen LogP contribution in [-0.4, -0.2) is 36.2 Å². The number of imidazole rings is 1. The van der Waals surface area contributed by atoms with Crippen molar-refractivity contribution in [2.75, 3.05) is 6.54 Å². The van der Waals surface area contributed by atoms with E-state index in [-0.39, 0.29) is 12.1 Å². The number of fused-ring (bicyclic) bond motifs is 1. The summed E-state index contributed by atoms with van der Waals surface area (Å²) in [6.07, 6.45) is 4.46. The van der Waals surface area contributed by atoms with Crippen LogP contribution < -0.4 is 11.2 Å². The van der Waals surface area contributed by atoms with Crippen LogP contribution in [0.3, 0.4) is 0 Å². The molecule has 1 fully saturated rings.